The zero-order valence-corrected chi connectivity index (χ0v) is 32.1. The van der Waals surface area contributed by atoms with Crippen LogP contribution in [0.5, 0.6) is 0 Å². The first kappa shape index (κ1) is 34.0. The van der Waals surface area contributed by atoms with Crippen molar-refractivity contribution < 1.29 is 0 Å². The molecule has 8 aromatic carbocycles. The minimum Gasteiger partial charge on any atom is -0.228 e. The predicted octanol–water partition coefficient (Wildman–Crippen LogP) is 13.5. The fraction of sp³-hybridized carbons (Fsp3) is 0.0185. The van der Waals surface area contributed by atoms with Crippen molar-refractivity contribution in [2.24, 2.45) is 0 Å². The third-order valence-corrected chi connectivity index (χ3v) is 12.7. The quantitative estimate of drug-likeness (QED) is 0.175. The summed E-state index contributed by atoms with van der Waals surface area (Å²) in [6.45, 7) is 0. The SMILES string of the molecule is N#Cc1ccc2c(c1)Sc1cc(-c3cccc(-c4nc(-c5ccccc5)cc(-c5cccc(-c6ccccc6)c5)n4)c3)ccc1C21c2ccccc2-c2ccccc21. The van der Waals surface area contributed by atoms with Crippen LogP contribution in [0.15, 0.2) is 210 Å². The third-order valence-electron chi connectivity index (χ3n) is 11.6. The van der Waals surface area contributed by atoms with Gasteiger partial charge in [-0.2, -0.15) is 5.26 Å². The van der Waals surface area contributed by atoms with Crippen molar-refractivity contribution in [3.63, 3.8) is 0 Å². The monoisotopic (exact) mass is 755 g/mol. The Kier molecular flexibility index (Phi) is 8.03. The zero-order chi connectivity index (χ0) is 38.6. The average Bonchev–Trinajstić information content (AvgIpc) is 3.59. The normalized spacial score (nSPS) is 12.9. The number of aromatic nitrogens is 2. The number of hydrogen-bond donors (Lipinski definition) is 0. The standard InChI is InChI=1S/C54H33N3S/c55-34-35-25-27-47-51(29-35)58-52-32-40(26-28-48(52)54(47)45-23-9-7-21-43(45)44-22-8-10-24-46(44)54)39-18-12-20-42(31-39)53-56-49(37-15-5-2-6-16-37)33-50(57-53)41-19-11-17-38(30-41)36-13-3-1-4-14-36/h1-33H. The molecule has 1 aromatic heterocycles. The minimum absolute atomic E-state index is 0.503. The molecule has 270 valence electrons. The topological polar surface area (TPSA) is 49.6 Å². The number of nitriles is 1. The maximum absolute atomic E-state index is 9.97. The van der Waals surface area contributed by atoms with E-state index in [1.54, 1.807) is 11.8 Å². The molecule has 0 unspecified atom stereocenters. The Morgan fingerprint density at radius 3 is 1.57 bits per heavy atom. The van der Waals surface area contributed by atoms with Crippen LogP contribution in [0, 0.1) is 11.3 Å². The fourth-order valence-corrected chi connectivity index (χ4v) is 10.2. The molecule has 0 radical (unpaired) electrons. The minimum atomic E-state index is -0.503. The van der Waals surface area contributed by atoms with E-state index in [1.807, 2.05) is 30.3 Å². The molecule has 0 saturated carbocycles. The second-order valence-corrected chi connectivity index (χ2v) is 15.9. The molecule has 1 aliphatic carbocycles. The summed E-state index contributed by atoms with van der Waals surface area (Å²) in [5.74, 6) is 0.673. The molecule has 2 aliphatic rings. The lowest BCUT2D eigenvalue weighted by Gasteiger charge is -2.40. The van der Waals surface area contributed by atoms with Gasteiger partial charge in [0.1, 0.15) is 0 Å². The lowest BCUT2D eigenvalue weighted by Crippen LogP contribution is -2.32. The summed E-state index contributed by atoms with van der Waals surface area (Å²) in [4.78, 5) is 12.7. The van der Waals surface area contributed by atoms with Crippen molar-refractivity contribution in [3.8, 4) is 73.4 Å². The van der Waals surface area contributed by atoms with Gasteiger partial charge in [0.25, 0.3) is 0 Å². The maximum Gasteiger partial charge on any atom is 0.160 e. The van der Waals surface area contributed by atoms with Crippen LogP contribution in [0.3, 0.4) is 0 Å². The van der Waals surface area contributed by atoms with E-state index in [2.05, 4.69) is 176 Å². The van der Waals surface area contributed by atoms with Crippen molar-refractivity contribution in [1.82, 2.24) is 9.97 Å². The van der Waals surface area contributed by atoms with Gasteiger partial charge in [-0.1, -0.05) is 176 Å². The van der Waals surface area contributed by atoms with Crippen molar-refractivity contribution in [2.45, 2.75) is 15.2 Å². The van der Waals surface area contributed by atoms with Gasteiger partial charge in [-0.05, 0) is 92.0 Å². The van der Waals surface area contributed by atoms with E-state index in [1.165, 1.54) is 43.8 Å². The summed E-state index contributed by atoms with van der Waals surface area (Å²) in [6.07, 6.45) is 0. The van der Waals surface area contributed by atoms with Crippen LogP contribution in [-0.4, -0.2) is 9.97 Å². The van der Waals surface area contributed by atoms with Crippen LogP contribution in [0.25, 0.3) is 67.3 Å². The lowest BCUT2D eigenvalue weighted by molar-refractivity contribution is 0.722. The van der Waals surface area contributed by atoms with Crippen LogP contribution < -0.4 is 0 Å². The smallest absolute Gasteiger partial charge is 0.160 e. The van der Waals surface area contributed by atoms with Crippen LogP contribution in [0.1, 0.15) is 27.8 Å². The Balaban J connectivity index is 1.05. The van der Waals surface area contributed by atoms with Crippen LogP contribution in [0.2, 0.25) is 0 Å². The molecule has 0 fully saturated rings. The highest BCUT2D eigenvalue weighted by Gasteiger charge is 2.50. The van der Waals surface area contributed by atoms with Crippen molar-refractivity contribution in [1.29, 1.82) is 5.26 Å². The second kappa shape index (κ2) is 13.7. The van der Waals surface area contributed by atoms with Gasteiger partial charge in [-0.25, -0.2) is 9.97 Å². The average molecular weight is 756 g/mol. The van der Waals surface area contributed by atoms with Gasteiger partial charge in [-0.3, -0.25) is 0 Å². The largest absolute Gasteiger partial charge is 0.228 e. The first-order chi connectivity index (χ1) is 28.7. The van der Waals surface area contributed by atoms with E-state index in [-0.39, 0.29) is 0 Å². The van der Waals surface area contributed by atoms with E-state index in [0.29, 0.717) is 11.4 Å². The molecular formula is C54H33N3S. The van der Waals surface area contributed by atoms with Gasteiger partial charge in [-0.15, -0.1) is 0 Å². The molecule has 9 aromatic rings. The molecule has 58 heavy (non-hydrogen) atoms. The van der Waals surface area contributed by atoms with Crippen molar-refractivity contribution in [2.75, 3.05) is 0 Å². The van der Waals surface area contributed by atoms with Gasteiger partial charge >= 0.3 is 0 Å². The Hall–Kier alpha value is -7.32. The van der Waals surface area contributed by atoms with E-state index in [9.17, 15) is 5.26 Å². The molecule has 0 bridgehead atoms. The summed E-state index contributed by atoms with van der Waals surface area (Å²) in [7, 11) is 0. The maximum atomic E-state index is 9.97. The van der Waals surface area contributed by atoms with Gasteiger partial charge in [0.2, 0.25) is 0 Å². The highest BCUT2D eigenvalue weighted by Crippen LogP contribution is 2.62. The molecule has 0 amide bonds. The first-order valence-corrected chi connectivity index (χ1v) is 20.3. The third kappa shape index (κ3) is 5.44. The second-order valence-electron chi connectivity index (χ2n) is 14.8. The summed E-state index contributed by atoms with van der Waals surface area (Å²) in [5, 5.41) is 9.97. The molecule has 11 rings (SSSR count). The first-order valence-electron chi connectivity index (χ1n) is 19.4. The molecule has 0 saturated heterocycles. The van der Waals surface area contributed by atoms with E-state index < -0.39 is 5.41 Å². The highest BCUT2D eigenvalue weighted by molar-refractivity contribution is 7.99. The van der Waals surface area contributed by atoms with Gasteiger partial charge < -0.3 is 0 Å². The molecule has 1 aliphatic heterocycles. The molecule has 0 N–H and O–H groups in total. The van der Waals surface area contributed by atoms with Crippen molar-refractivity contribution in [3.05, 3.63) is 228 Å². The lowest BCUT2D eigenvalue weighted by atomic mass is 9.67. The molecule has 3 nitrogen and oxygen atoms in total. The predicted molar refractivity (Wildman–Crippen MR) is 235 cm³/mol. The van der Waals surface area contributed by atoms with E-state index in [0.717, 1.165) is 49.7 Å². The summed E-state index contributed by atoms with van der Waals surface area (Å²) in [6, 6.07) is 73.2. The fourth-order valence-electron chi connectivity index (χ4n) is 8.97. The Bertz CT molecular complexity index is 3060. The zero-order valence-electron chi connectivity index (χ0n) is 31.3. The van der Waals surface area contributed by atoms with E-state index >= 15 is 0 Å². The molecule has 4 heteroatoms. The summed E-state index contributed by atoms with van der Waals surface area (Å²) < 4.78 is 0. The summed E-state index contributed by atoms with van der Waals surface area (Å²) in [5.41, 5.74) is 17.0. The molecule has 0 atom stereocenters. The highest BCUT2D eigenvalue weighted by atomic mass is 32.2. The van der Waals surface area contributed by atoms with E-state index in [4.69, 9.17) is 9.97 Å². The van der Waals surface area contributed by atoms with Crippen molar-refractivity contribution >= 4 is 11.8 Å². The number of hydrogen-bond acceptors (Lipinski definition) is 4. The Labute approximate surface area is 342 Å². The molecular weight excluding hydrogens is 723 g/mol. The van der Waals surface area contributed by atoms with Gasteiger partial charge in [0.05, 0.1) is 28.4 Å². The van der Waals surface area contributed by atoms with Gasteiger partial charge in [0, 0.05) is 26.5 Å². The number of nitrogens with zero attached hydrogens (tertiary/aromatic N) is 3. The Morgan fingerprint density at radius 1 is 0.379 bits per heavy atom. The van der Waals surface area contributed by atoms with Crippen LogP contribution >= 0.6 is 11.8 Å². The molecule has 1 spiro atoms. The van der Waals surface area contributed by atoms with Crippen LogP contribution in [-0.2, 0) is 5.41 Å². The van der Waals surface area contributed by atoms with Gasteiger partial charge in [0.15, 0.2) is 5.82 Å². The number of fused-ring (bicyclic) bond motifs is 9. The van der Waals surface area contributed by atoms with Crippen LogP contribution in [0.4, 0.5) is 0 Å². The number of benzene rings is 8. The summed E-state index contributed by atoms with van der Waals surface area (Å²) >= 11 is 1.75. The molecule has 2 heterocycles. The Morgan fingerprint density at radius 2 is 0.879 bits per heavy atom. The number of rotatable bonds is 5.